The minimum atomic E-state index is 0.545. The fourth-order valence-corrected chi connectivity index (χ4v) is 2.62. The summed E-state index contributed by atoms with van der Waals surface area (Å²) in [5, 5.41) is 7.82. The Morgan fingerprint density at radius 2 is 1.93 bits per heavy atom. The second-order valence-corrected chi connectivity index (χ2v) is 4.60. The number of nitrogens with one attached hydrogen (secondary N) is 1. The summed E-state index contributed by atoms with van der Waals surface area (Å²) >= 11 is 0. The molecule has 2 fully saturated rings. The van der Waals surface area contributed by atoms with E-state index >= 15 is 0 Å². The normalized spacial score (nSPS) is 26.1. The Kier molecular flexibility index (Phi) is 3.06. The van der Waals surface area contributed by atoms with Gasteiger partial charge in [-0.25, -0.2) is 0 Å². The number of nitrogens with zero attached hydrogens (tertiary/aromatic N) is 2. The lowest BCUT2D eigenvalue weighted by molar-refractivity contribution is 0.240. The van der Waals surface area contributed by atoms with Crippen LogP contribution in [0, 0.1) is 5.41 Å². The molecule has 80 valence electrons. The van der Waals surface area contributed by atoms with Crippen LogP contribution in [-0.4, -0.2) is 47.9 Å². The van der Waals surface area contributed by atoms with Gasteiger partial charge in [0.1, 0.15) is 0 Å². The first kappa shape index (κ1) is 9.97. The molecule has 3 heteroatoms. The van der Waals surface area contributed by atoms with Gasteiger partial charge >= 0.3 is 0 Å². The molecule has 3 nitrogen and oxygen atoms in total. The quantitative estimate of drug-likeness (QED) is 0.740. The van der Waals surface area contributed by atoms with E-state index in [1.54, 1.807) is 0 Å². The molecule has 2 aliphatic heterocycles. The highest BCUT2D eigenvalue weighted by Crippen LogP contribution is 2.16. The van der Waals surface area contributed by atoms with E-state index in [0.717, 1.165) is 25.3 Å². The Morgan fingerprint density at radius 1 is 1.21 bits per heavy atom. The summed E-state index contributed by atoms with van der Waals surface area (Å²) in [6.07, 6.45) is 4.90. The summed E-state index contributed by atoms with van der Waals surface area (Å²) in [5.41, 5.74) is 0. The third kappa shape index (κ3) is 2.08. The van der Waals surface area contributed by atoms with Crippen LogP contribution in [0.2, 0.25) is 0 Å². The molecule has 0 radical (unpaired) electrons. The van der Waals surface area contributed by atoms with E-state index in [0.29, 0.717) is 6.04 Å². The fraction of sp³-hybridized carbons (Fsp3) is 0.909. The first-order valence-electron chi connectivity index (χ1n) is 5.84. The number of amidine groups is 1. The molecule has 1 unspecified atom stereocenters. The lowest BCUT2D eigenvalue weighted by atomic mass is 10.2. The van der Waals surface area contributed by atoms with Crippen LogP contribution in [0.3, 0.4) is 0 Å². The molecular formula is C11H21N3. The second kappa shape index (κ2) is 4.30. The predicted octanol–water partition coefficient (Wildman–Crippen LogP) is 1.54. The largest absolute Gasteiger partial charge is 0.357 e. The summed E-state index contributed by atoms with van der Waals surface area (Å²) in [6, 6.07) is 0.545. The third-order valence-corrected chi connectivity index (χ3v) is 3.41. The average Bonchev–Trinajstić information content (AvgIpc) is 2.75. The van der Waals surface area contributed by atoms with Crippen LogP contribution in [0.5, 0.6) is 0 Å². The smallest absolute Gasteiger partial charge is 0.0961 e. The van der Waals surface area contributed by atoms with Crippen molar-refractivity contribution in [2.45, 2.75) is 38.6 Å². The van der Waals surface area contributed by atoms with Crippen LogP contribution in [0.15, 0.2) is 0 Å². The molecule has 0 aromatic rings. The molecule has 2 heterocycles. The Bertz CT molecular complexity index is 209. The lowest BCUT2D eigenvalue weighted by Gasteiger charge is -2.29. The van der Waals surface area contributed by atoms with E-state index in [2.05, 4.69) is 16.7 Å². The van der Waals surface area contributed by atoms with E-state index < -0.39 is 0 Å². The van der Waals surface area contributed by atoms with Crippen LogP contribution < -0.4 is 0 Å². The van der Waals surface area contributed by atoms with E-state index in [1.807, 2.05) is 0 Å². The van der Waals surface area contributed by atoms with Crippen LogP contribution in [-0.2, 0) is 0 Å². The SMILES string of the molecule is CC(CN1CCCC1)N1CCCC1=N. The topological polar surface area (TPSA) is 30.3 Å². The fourth-order valence-electron chi connectivity index (χ4n) is 2.62. The predicted molar refractivity (Wildman–Crippen MR) is 58.8 cm³/mol. The van der Waals surface area contributed by atoms with Crippen LogP contribution in [0.1, 0.15) is 32.6 Å². The van der Waals surface area contributed by atoms with Crippen molar-refractivity contribution in [1.82, 2.24) is 9.80 Å². The van der Waals surface area contributed by atoms with Crippen molar-refractivity contribution in [3.63, 3.8) is 0 Å². The molecule has 0 aromatic carbocycles. The van der Waals surface area contributed by atoms with Crippen molar-refractivity contribution in [2.75, 3.05) is 26.2 Å². The maximum absolute atomic E-state index is 7.82. The maximum Gasteiger partial charge on any atom is 0.0961 e. The van der Waals surface area contributed by atoms with E-state index in [4.69, 9.17) is 5.41 Å². The molecule has 2 saturated heterocycles. The van der Waals surface area contributed by atoms with E-state index in [1.165, 1.54) is 32.4 Å². The first-order chi connectivity index (χ1) is 6.77. The van der Waals surface area contributed by atoms with Crippen LogP contribution in [0.4, 0.5) is 0 Å². The summed E-state index contributed by atoms with van der Waals surface area (Å²) in [5.74, 6) is 0.858. The zero-order chi connectivity index (χ0) is 9.97. The maximum atomic E-state index is 7.82. The molecule has 0 spiro atoms. The third-order valence-electron chi connectivity index (χ3n) is 3.41. The molecule has 1 atom stereocenters. The standard InChI is InChI=1S/C11H21N3/c1-10(9-13-6-2-3-7-13)14-8-4-5-11(14)12/h10,12H,2-9H2,1H3. The molecule has 0 aromatic heterocycles. The summed E-state index contributed by atoms with van der Waals surface area (Å²) in [7, 11) is 0. The molecule has 1 N–H and O–H groups in total. The minimum absolute atomic E-state index is 0.545. The molecule has 0 bridgehead atoms. The van der Waals surface area contributed by atoms with E-state index in [9.17, 15) is 0 Å². The number of rotatable bonds is 3. The lowest BCUT2D eigenvalue weighted by Crippen LogP contribution is -2.41. The zero-order valence-electron chi connectivity index (χ0n) is 9.13. The Morgan fingerprint density at radius 3 is 2.50 bits per heavy atom. The van der Waals surface area contributed by atoms with Crippen molar-refractivity contribution in [3.8, 4) is 0 Å². The van der Waals surface area contributed by atoms with Crippen molar-refractivity contribution >= 4 is 5.84 Å². The van der Waals surface area contributed by atoms with Gasteiger partial charge in [-0.2, -0.15) is 0 Å². The Hall–Kier alpha value is -0.570. The van der Waals surface area contributed by atoms with Crippen molar-refractivity contribution in [1.29, 1.82) is 5.41 Å². The van der Waals surface area contributed by atoms with Gasteiger partial charge in [0.25, 0.3) is 0 Å². The first-order valence-corrected chi connectivity index (χ1v) is 5.84. The molecule has 2 rings (SSSR count). The highest BCUT2D eigenvalue weighted by atomic mass is 15.3. The molecule has 14 heavy (non-hydrogen) atoms. The number of hydrogen-bond acceptors (Lipinski definition) is 2. The summed E-state index contributed by atoms with van der Waals surface area (Å²) in [4.78, 5) is 4.81. The Balaban J connectivity index is 1.81. The molecule has 0 saturated carbocycles. The summed E-state index contributed by atoms with van der Waals surface area (Å²) < 4.78 is 0. The number of likely N-dealkylation sites (tertiary alicyclic amines) is 2. The number of hydrogen-bond donors (Lipinski definition) is 1. The monoisotopic (exact) mass is 195 g/mol. The van der Waals surface area contributed by atoms with Crippen LogP contribution in [0.25, 0.3) is 0 Å². The summed E-state index contributed by atoms with van der Waals surface area (Å²) in [6.45, 7) is 7.06. The van der Waals surface area contributed by atoms with Gasteiger partial charge in [-0.3, -0.25) is 5.41 Å². The van der Waals surface area contributed by atoms with Crippen molar-refractivity contribution < 1.29 is 0 Å². The molecule has 0 amide bonds. The van der Waals surface area contributed by atoms with Gasteiger partial charge in [0, 0.05) is 25.6 Å². The van der Waals surface area contributed by atoms with Gasteiger partial charge in [0.15, 0.2) is 0 Å². The van der Waals surface area contributed by atoms with Gasteiger partial charge < -0.3 is 9.80 Å². The van der Waals surface area contributed by atoms with Gasteiger partial charge in [-0.15, -0.1) is 0 Å². The van der Waals surface area contributed by atoms with Gasteiger partial charge in [0.05, 0.1) is 5.84 Å². The highest BCUT2D eigenvalue weighted by molar-refractivity contribution is 5.81. The van der Waals surface area contributed by atoms with Gasteiger partial charge in [-0.1, -0.05) is 0 Å². The minimum Gasteiger partial charge on any atom is -0.357 e. The Labute approximate surface area is 86.6 Å². The van der Waals surface area contributed by atoms with Crippen molar-refractivity contribution in [3.05, 3.63) is 0 Å². The molecule has 2 aliphatic rings. The van der Waals surface area contributed by atoms with Gasteiger partial charge in [-0.05, 0) is 39.3 Å². The van der Waals surface area contributed by atoms with Gasteiger partial charge in [0.2, 0.25) is 0 Å². The molecule has 0 aliphatic carbocycles. The zero-order valence-corrected chi connectivity index (χ0v) is 9.13. The van der Waals surface area contributed by atoms with E-state index in [-0.39, 0.29) is 0 Å². The second-order valence-electron chi connectivity index (χ2n) is 4.60. The highest BCUT2D eigenvalue weighted by Gasteiger charge is 2.24. The van der Waals surface area contributed by atoms with Crippen molar-refractivity contribution in [2.24, 2.45) is 0 Å². The van der Waals surface area contributed by atoms with Crippen LogP contribution >= 0.6 is 0 Å². The average molecular weight is 195 g/mol. The molecular weight excluding hydrogens is 174 g/mol.